The Morgan fingerprint density at radius 1 is 1.35 bits per heavy atom. The minimum Gasteiger partial charge on any atom is -0.454 e. The van der Waals surface area contributed by atoms with Crippen molar-refractivity contribution >= 4 is 0 Å². The quantitative estimate of drug-likeness (QED) is 0.578. The summed E-state index contributed by atoms with van der Waals surface area (Å²) in [5, 5.41) is 10.7. The van der Waals surface area contributed by atoms with E-state index in [4.69, 9.17) is 20.9 Å². The first-order valence-electron chi connectivity index (χ1n) is 4.85. The van der Waals surface area contributed by atoms with Gasteiger partial charge in [-0.1, -0.05) is 6.07 Å². The first kappa shape index (κ1) is 11.1. The molecule has 1 heterocycles. The summed E-state index contributed by atoms with van der Waals surface area (Å²) in [4.78, 5) is 10.1. The number of allylic oxidation sites excluding steroid dienone is 1. The molecule has 0 saturated carbocycles. The highest BCUT2D eigenvalue weighted by atomic mass is 16.7. The lowest BCUT2D eigenvalue weighted by Crippen LogP contribution is -2.18. The van der Waals surface area contributed by atoms with Gasteiger partial charge in [-0.3, -0.25) is 10.1 Å². The first-order valence-corrected chi connectivity index (χ1v) is 4.85. The number of rotatable bonds is 3. The molecule has 7 heteroatoms. The van der Waals surface area contributed by atoms with Crippen LogP contribution in [-0.4, -0.2) is 11.7 Å². The van der Waals surface area contributed by atoms with E-state index in [1.807, 2.05) is 0 Å². The number of benzene rings is 1. The van der Waals surface area contributed by atoms with E-state index in [-0.39, 0.29) is 24.7 Å². The summed E-state index contributed by atoms with van der Waals surface area (Å²) in [5.74, 6) is 0.912. The van der Waals surface area contributed by atoms with Crippen LogP contribution in [0.2, 0.25) is 0 Å². The Kier molecular flexibility index (Phi) is 2.73. The van der Waals surface area contributed by atoms with Crippen LogP contribution < -0.4 is 20.9 Å². The molecule has 7 nitrogen and oxygen atoms in total. The van der Waals surface area contributed by atoms with Crippen molar-refractivity contribution in [2.75, 3.05) is 6.79 Å². The minimum absolute atomic E-state index is 0.0476. The van der Waals surface area contributed by atoms with Gasteiger partial charge in [0.15, 0.2) is 17.3 Å². The molecule has 17 heavy (non-hydrogen) atoms. The lowest BCUT2D eigenvalue weighted by molar-refractivity contribution is -0.428. The first-order chi connectivity index (χ1) is 8.08. The Morgan fingerprint density at radius 3 is 2.71 bits per heavy atom. The third-order valence-corrected chi connectivity index (χ3v) is 2.36. The second-order valence-corrected chi connectivity index (χ2v) is 3.52. The summed E-state index contributed by atoms with van der Waals surface area (Å²) in [7, 11) is 0. The fraction of sp³-hybridized carbons (Fsp3) is 0.200. The Hall–Kier alpha value is -2.44. The molecule has 1 aliphatic heterocycles. The maximum absolute atomic E-state index is 10.7. The van der Waals surface area contributed by atoms with E-state index in [1.165, 1.54) is 0 Å². The lowest BCUT2D eigenvalue weighted by Gasteiger charge is -2.02. The SMILES string of the molecule is NC(N)=C(Cc1ccc2c(c1)OCO2)[N+](=O)[O-]. The number of nitrogens with two attached hydrogens (primary N) is 2. The van der Waals surface area contributed by atoms with Gasteiger partial charge in [-0.05, 0) is 17.7 Å². The highest BCUT2D eigenvalue weighted by Crippen LogP contribution is 2.33. The molecule has 0 spiro atoms. The minimum atomic E-state index is -0.583. The zero-order chi connectivity index (χ0) is 12.4. The van der Waals surface area contributed by atoms with Crippen molar-refractivity contribution in [3.63, 3.8) is 0 Å². The molecule has 90 valence electrons. The van der Waals surface area contributed by atoms with Crippen molar-refractivity contribution < 1.29 is 14.4 Å². The van der Waals surface area contributed by atoms with Gasteiger partial charge in [-0.25, -0.2) is 0 Å². The monoisotopic (exact) mass is 237 g/mol. The molecule has 0 saturated heterocycles. The Morgan fingerprint density at radius 2 is 2.06 bits per heavy atom. The standard InChI is InChI=1S/C10H11N3O4/c11-10(12)7(13(14)15)3-6-1-2-8-9(4-6)17-5-16-8/h1-2,4H,3,5,11-12H2. The van der Waals surface area contributed by atoms with E-state index in [0.29, 0.717) is 17.1 Å². The van der Waals surface area contributed by atoms with Gasteiger partial charge in [0.25, 0.3) is 5.70 Å². The van der Waals surface area contributed by atoms with Crippen molar-refractivity contribution in [2.45, 2.75) is 6.42 Å². The molecule has 0 unspecified atom stereocenters. The van der Waals surface area contributed by atoms with Crippen molar-refractivity contribution in [3.8, 4) is 11.5 Å². The topological polar surface area (TPSA) is 114 Å². The number of fused-ring (bicyclic) bond motifs is 1. The fourth-order valence-electron chi connectivity index (χ4n) is 1.52. The summed E-state index contributed by atoms with van der Waals surface area (Å²) in [6.07, 6.45) is 0.0476. The van der Waals surface area contributed by atoms with Gasteiger partial charge in [0.05, 0.1) is 11.3 Å². The van der Waals surface area contributed by atoms with Gasteiger partial charge in [-0.2, -0.15) is 0 Å². The molecular weight excluding hydrogens is 226 g/mol. The van der Waals surface area contributed by atoms with Crippen LogP contribution in [0.1, 0.15) is 5.56 Å². The van der Waals surface area contributed by atoms with Gasteiger partial charge >= 0.3 is 0 Å². The van der Waals surface area contributed by atoms with Crippen molar-refractivity contribution in [3.05, 3.63) is 45.4 Å². The van der Waals surface area contributed by atoms with Gasteiger partial charge in [0, 0.05) is 0 Å². The Balaban J connectivity index is 2.25. The van der Waals surface area contributed by atoms with E-state index in [9.17, 15) is 10.1 Å². The van der Waals surface area contributed by atoms with Crippen LogP contribution in [0.4, 0.5) is 0 Å². The van der Waals surface area contributed by atoms with Crippen LogP contribution in [0.25, 0.3) is 0 Å². The van der Waals surface area contributed by atoms with Crippen LogP contribution in [0.15, 0.2) is 29.7 Å². The van der Waals surface area contributed by atoms with Crippen LogP contribution in [0.5, 0.6) is 11.5 Å². The average molecular weight is 237 g/mol. The van der Waals surface area contributed by atoms with E-state index >= 15 is 0 Å². The molecule has 0 radical (unpaired) electrons. The third-order valence-electron chi connectivity index (χ3n) is 2.36. The summed E-state index contributed by atoms with van der Waals surface area (Å²) in [5.41, 5.74) is 11.0. The maximum Gasteiger partial charge on any atom is 0.289 e. The molecule has 1 aromatic rings. The fourth-order valence-corrected chi connectivity index (χ4v) is 1.52. The number of hydrogen-bond donors (Lipinski definition) is 2. The zero-order valence-corrected chi connectivity index (χ0v) is 8.88. The smallest absolute Gasteiger partial charge is 0.289 e. The van der Waals surface area contributed by atoms with Crippen LogP contribution in [0, 0.1) is 10.1 Å². The van der Waals surface area contributed by atoms with Gasteiger partial charge in [0.1, 0.15) is 0 Å². The predicted octanol–water partition coefficient (Wildman–Crippen LogP) is 0.321. The molecule has 0 atom stereocenters. The maximum atomic E-state index is 10.7. The molecule has 2 rings (SSSR count). The molecule has 1 aliphatic rings. The van der Waals surface area contributed by atoms with Gasteiger partial charge < -0.3 is 20.9 Å². The molecule has 0 aromatic heterocycles. The number of nitrogens with zero attached hydrogens (tertiary/aromatic N) is 1. The lowest BCUT2D eigenvalue weighted by atomic mass is 10.1. The normalized spacial score (nSPS) is 12.2. The van der Waals surface area contributed by atoms with E-state index in [2.05, 4.69) is 0 Å². The van der Waals surface area contributed by atoms with E-state index in [1.54, 1.807) is 18.2 Å². The molecule has 0 bridgehead atoms. The van der Waals surface area contributed by atoms with E-state index < -0.39 is 4.92 Å². The highest BCUT2D eigenvalue weighted by molar-refractivity contribution is 5.45. The highest BCUT2D eigenvalue weighted by Gasteiger charge is 2.18. The average Bonchev–Trinajstić information content (AvgIpc) is 2.71. The Labute approximate surface area is 96.8 Å². The molecule has 4 N–H and O–H groups in total. The Bertz CT molecular complexity index is 494. The zero-order valence-electron chi connectivity index (χ0n) is 8.88. The molecule has 1 aromatic carbocycles. The van der Waals surface area contributed by atoms with Crippen molar-refractivity contribution in [2.24, 2.45) is 11.5 Å². The summed E-state index contributed by atoms with van der Waals surface area (Å²) in [6, 6.07) is 5.08. The van der Waals surface area contributed by atoms with Gasteiger partial charge in [0.2, 0.25) is 6.79 Å². The summed E-state index contributed by atoms with van der Waals surface area (Å²) in [6.45, 7) is 0.162. The number of ether oxygens (including phenoxy) is 2. The largest absolute Gasteiger partial charge is 0.454 e. The van der Waals surface area contributed by atoms with Crippen molar-refractivity contribution in [1.29, 1.82) is 0 Å². The second kappa shape index (κ2) is 4.20. The number of hydrogen-bond acceptors (Lipinski definition) is 6. The third kappa shape index (κ3) is 2.22. The van der Waals surface area contributed by atoms with Gasteiger partial charge in [-0.15, -0.1) is 0 Å². The van der Waals surface area contributed by atoms with Crippen LogP contribution in [0.3, 0.4) is 0 Å². The summed E-state index contributed by atoms with van der Waals surface area (Å²) >= 11 is 0. The van der Waals surface area contributed by atoms with E-state index in [0.717, 1.165) is 0 Å². The van der Waals surface area contributed by atoms with Crippen molar-refractivity contribution in [1.82, 2.24) is 0 Å². The van der Waals surface area contributed by atoms with Crippen LogP contribution >= 0.6 is 0 Å². The number of nitro groups is 1. The molecule has 0 aliphatic carbocycles. The summed E-state index contributed by atoms with van der Waals surface area (Å²) < 4.78 is 10.3. The molecule has 0 fully saturated rings. The second-order valence-electron chi connectivity index (χ2n) is 3.52. The molecular formula is C10H11N3O4. The predicted molar refractivity (Wildman–Crippen MR) is 58.7 cm³/mol. The molecule has 0 amide bonds. The van der Waals surface area contributed by atoms with Crippen LogP contribution in [-0.2, 0) is 6.42 Å².